The molecule has 39 heavy (non-hydrogen) atoms. The van der Waals surface area contributed by atoms with Crippen molar-refractivity contribution in [1.29, 1.82) is 0 Å². The van der Waals surface area contributed by atoms with E-state index >= 15 is 0 Å². The second-order valence-electron chi connectivity index (χ2n) is 8.77. The molecule has 0 saturated heterocycles. The number of hydrogen-bond acceptors (Lipinski definition) is 7. The summed E-state index contributed by atoms with van der Waals surface area (Å²) in [5.41, 5.74) is 2.92. The van der Waals surface area contributed by atoms with Crippen LogP contribution in [0.4, 0.5) is 11.4 Å². The third-order valence-electron chi connectivity index (χ3n) is 6.09. The first-order chi connectivity index (χ1) is 18.9. The number of hydrogen-bond donors (Lipinski definition) is 1. The number of amides is 1. The SMILES string of the molecule is Cc1ccc(NC(=O)[C@H](OC(=O)c2cc(-c3ccncc3)nc3ccccc23)c2ccccc2)c([N+](=O)[O-])c1. The van der Waals surface area contributed by atoms with E-state index in [0.29, 0.717) is 27.7 Å². The highest BCUT2D eigenvalue weighted by atomic mass is 16.6. The van der Waals surface area contributed by atoms with Crippen molar-refractivity contribution in [3.63, 3.8) is 0 Å². The quantitative estimate of drug-likeness (QED) is 0.158. The molecule has 0 aliphatic rings. The van der Waals surface area contributed by atoms with Crippen LogP contribution in [0.3, 0.4) is 0 Å². The molecular formula is C30H22N4O5. The third kappa shape index (κ3) is 5.47. The minimum atomic E-state index is -1.38. The van der Waals surface area contributed by atoms with Crippen LogP contribution in [0.1, 0.15) is 27.6 Å². The lowest BCUT2D eigenvalue weighted by atomic mass is 10.0. The topological polar surface area (TPSA) is 124 Å². The molecule has 9 nitrogen and oxygen atoms in total. The number of nitro groups is 1. The molecule has 0 bridgehead atoms. The second kappa shape index (κ2) is 10.9. The molecule has 0 radical (unpaired) electrons. The maximum atomic E-state index is 13.7. The van der Waals surface area contributed by atoms with Gasteiger partial charge in [-0.05, 0) is 42.8 Å². The van der Waals surface area contributed by atoms with Gasteiger partial charge in [0.25, 0.3) is 11.6 Å². The number of rotatable bonds is 7. The lowest BCUT2D eigenvalue weighted by Crippen LogP contribution is -2.26. The second-order valence-corrected chi connectivity index (χ2v) is 8.77. The number of para-hydroxylation sites is 1. The smallest absolute Gasteiger partial charge is 0.340 e. The molecule has 2 heterocycles. The molecule has 0 aliphatic heterocycles. The van der Waals surface area contributed by atoms with Crippen molar-refractivity contribution in [1.82, 2.24) is 9.97 Å². The van der Waals surface area contributed by atoms with Crippen molar-refractivity contribution in [2.45, 2.75) is 13.0 Å². The van der Waals surface area contributed by atoms with Gasteiger partial charge in [-0.15, -0.1) is 0 Å². The van der Waals surface area contributed by atoms with Crippen LogP contribution >= 0.6 is 0 Å². The summed E-state index contributed by atoms with van der Waals surface area (Å²) >= 11 is 0. The summed E-state index contributed by atoms with van der Waals surface area (Å²) < 4.78 is 5.82. The van der Waals surface area contributed by atoms with Crippen LogP contribution in [0, 0.1) is 17.0 Å². The number of aromatic nitrogens is 2. The van der Waals surface area contributed by atoms with E-state index in [4.69, 9.17) is 4.74 Å². The number of pyridine rings is 2. The van der Waals surface area contributed by atoms with E-state index in [1.54, 1.807) is 92.1 Å². The van der Waals surface area contributed by atoms with Gasteiger partial charge in [-0.2, -0.15) is 0 Å². The van der Waals surface area contributed by atoms with E-state index in [1.165, 1.54) is 12.1 Å². The van der Waals surface area contributed by atoms with Crippen LogP contribution in [0.2, 0.25) is 0 Å². The van der Waals surface area contributed by atoms with Gasteiger partial charge in [-0.25, -0.2) is 9.78 Å². The van der Waals surface area contributed by atoms with Gasteiger partial charge in [-0.3, -0.25) is 19.9 Å². The average Bonchev–Trinajstić information content (AvgIpc) is 2.96. The van der Waals surface area contributed by atoms with Crippen molar-refractivity contribution >= 4 is 34.2 Å². The molecular weight excluding hydrogens is 496 g/mol. The lowest BCUT2D eigenvalue weighted by Gasteiger charge is -2.19. The number of carbonyl (C=O) groups is 2. The first-order valence-corrected chi connectivity index (χ1v) is 12.0. The Kier molecular flexibility index (Phi) is 7.05. The maximum Gasteiger partial charge on any atom is 0.340 e. The zero-order valence-electron chi connectivity index (χ0n) is 20.8. The summed E-state index contributed by atoms with van der Waals surface area (Å²) in [6.45, 7) is 1.71. The number of benzene rings is 3. The molecule has 0 saturated carbocycles. The summed E-state index contributed by atoms with van der Waals surface area (Å²) in [7, 11) is 0. The zero-order chi connectivity index (χ0) is 27.4. The van der Waals surface area contributed by atoms with Gasteiger partial charge in [0, 0.05) is 35.0 Å². The fraction of sp³-hybridized carbons (Fsp3) is 0.0667. The molecule has 1 amide bonds. The predicted molar refractivity (Wildman–Crippen MR) is 146 cm³/mol. The van der Waals surface area contributed by atoms with E-state index in [2.05, 4.69) is 15.3 Å². The number of anilines is 1. The van der Waals surface area contributed by atoms with Gasteiger partial charge in [0.2, 0.25) is 6.10 Å². The molecule has 1 atom stereocenters. The Morgan fingerprint density at radius 3 is 2.38 bits per heavy atom. The van der Waals surface area contributed by atoms with Crippen LogP contribution in [-0.4, -0.2) is 26.8 Å². The molecule has 5 aromatic rings. The monoisotopic (exact) mass is 518 g/mol. The number of fused-ring (bicyclic) bond motifs is 1. The zero-order valence-corrected chi connectivity index (χ0v) is 20.8. The van der Waals surface area contributed by atoms with Crippen molar-refractivity contribution in [3.05, 3.63) is 130 Å². The van der Waals surface area contributed by atoms with Crippen LogP contribution in [0.25, 0.3) is 22.2 Å². The fourth-order valence-corrected chi connectivity index (χ4v) is 4.18. The number of ether oxygens (including phenoxy) is 1. The summed E-state index contributed by atoms with van der Waals surface area (Å²) in [6.07, 6.45) is 1.88. The number of esters is 1. The molecule has 0 aliphatic carbocycles. The largest absolute Gasteiger partial charge is 0.444 e. The summed E-state index contributed by atoms with van der Waals surface area (Å²) in [4.78, 5) is 46.8. The third-order valence-corrected chi connectivity index (χ3v) is 6.09. The summed E-state index contributed by atoms with van der Waals surface area (Å²) in [5.74, 6) is -1.47. The van der Waals surface area contributed by atoms with Crippen molar-refractivity contribution in [2.75, 3.05) is 5.32 Å². The molecule has 0 unspecified atom stereocenters. The normalized spacial score (nSPS) is 11.5. The fourth-order valence-electron chi connectivity index (χ4n) is 4.18. The number of nitro benzene ring substituents is 1. The molecule has 0 spiro atoms. The van der Waals surface area contributed by atoms with Crippen molar-refractivity contribution in [3.8, 4) is 11.3 Å². The van der Waals surface area contributed by atoms with E-state index in [-0.39, 0.29) is 16.9 Å². The average molecular weight is 519 g/mol. The number of aryl methyl sites for hydroxylation is 1. The molecule has 1 N–H and O–H groups in total. The van der Waals surface area contributed by atoms with Gasteiger partial charge in [-0.1, -0.05) is 54.6 Å². The Morgan fingerprint density at radius 1 is 0.923 bits per heavy atom. The van der Waals surface area contributed by atoms with Gasteiger partial charge in [0.1, 0.15) is 5.69 Å². The van der Waals surface area contributed by atoms with Gasteiger partial charge in [0.15, 0.2) is 0 Å². The maximum absolute atomic E-state index is 13.7. The van der Waals surface area contributed by atoms with Crippen LogP contribution in [0.5, 0.6) is 0 Å². The van der Waals surface area contributed by atoms with Crippen molar-refractivity contribution in [2.24, 2.45) is 0 Å². The van der Waals surface area contributed by atoms with E-state index in [1.807, 2.05) is 6.07 Å². The Labute approximate surface area is 223 Å². The molecule has 192 valence electrons. The van der Waals surface area contributed by atoms with Gasteiger partial charge >= 0.3 is 5.97 Å². The Balaban J connectivity index is 1.53. The molecule has 9 heteroatoms. The Bertz CT molecular complexity index is 1690. The minimum Gasteiger partial charge on any atom is -0.444 e. The highest BCUT2D eigenvalue weighted by Crippen LogP contribution is 2.30. The predicted octanol–water partition coefficient (Wildman–Crippen LogP) is 6.05. The first kappa shape index (κ1) is 25.2. The van der Waals surface area contributed by atoms with E-state index in [9.17, 15) is 19.7 Å². The lowest BCUT2D eigenvalue weighted by molar-refractivity contribution is -0.384. The summed E-state index contributed by atoms with van der Waals surface area (Å²) in [6, 6.07) is 25.3. The van der Waals surface area contributed by atoms with Gasteiger partial charge < -0.3 is 10.1 Å². The van der Waals surface area contributed by atoms with E-state index < -0.39 is 22.9 Å². The number of carbonyl (C=O) groups excluding carboxylic acids is 2. The standard InChI is InChI=1S/C30H22N4O5/c1-19-11-12-25(27(17-19)34(37)38)33-29(35)28(21-7-3-2-4-8-21)39-30(36)23-18-26(20-13-15-31-16-14-20)32-24-10-6-5-9-22(23)24/h2-18,28H,1H3,(H,33,35)/t28-/m1/s1. The molecule has 5 rings (SSSR count). The van der Waals surface area contributed by atoms with Crippen molar-refractivity contribution < 1.29 is 19.2 Å². The van der Waals surface area contributed by atoms with Crippen LogP contribution < -0.4 is 5.32 Å². The van der Waals surface area contributed by atoms with E-state index in [0.717, 1.165) is 5.56 Å². The molecule has 2 aromatic heterocycles. The minimum absolute atomic E-state index is 0.00177. The number of nitrogens with zero attached hydrogens (tertiary/aromatic N) is 3. The summed E-state index contributed by atoms with van der Waals surface area (Å²) in [5, 5.41) is 14.7. The number of nitrogens with one attached hydrogen (secondary N) is 1. The first-order valence-electron chi connectivity index (χ1n) is 12.0. The highest BCUT2D eigenvalue weighted by molar-refractivity contribution is 6.06. The van der Waals surface area contributed by atoms with Crippen LogP contribution in [-0.2, 0) is 9.53 Å². The molecule has 0 fully saturated rings. The van der Waals surface area contributed by atoms with Crippen LogP contribution in [0.15, 0.2) is 103 Å². The molecule has 3 aromatic carbocycles. The Morgan fingerprint density at radius 2 is 1.64 bits per heavy atom. The highest BCUT2D eigenvalue weighted by Gasteiger charge is 2.29. The Hall–Kier alpha value is -5.44. The van der Waals surface area contributed by atoms with Gasteiger partial charge in [0.05, 0.1) is 21.7 Å².